The maximum Gasteiger partial charge on any atom is 0.241 e. The Morgan fingerprint density at radius 1 is 1.05 bits per heavy atom. The van der Waals surface area contributed by atoms with Crippen molar-refractivity contribution in [2.24, 2.45) is 0 Å². The van der Waals surface area contributed by atoms with Crippen LogP contribution in [0.3, 0.4) is 0 Å². The van der Waals surface area contributed by atoms with E-state index in [0.717, 1.165) is 51.9 Å². The average Bonchev–Trinajstić information content (AvgIpc) is 2.72. The van der Waals surface area contributed by atoms with Crippen molar-refractivity contribution in [2.75, 3.05) is 26.2 Å². The summed E-state index contributed by atoms with van der Waals surface area (Å²) in [7, 11) is 0. The highest BCUT2D eigenvalue weighted by Gasteiger charge is 2.37. The van der Waals surface area contributed by atoms with Crippen molar-refractivity contribution in [3.05, 3.63) is 0 Å². The van der Waals surface area contributed by atoms with Crippen LogP contribution < -0.4 is 5.32 Å². The summed E-state index contributed by atoms with van der Waals surface area (Å²) < 4.78 is 0. The second-order valence-electron chi connectivity index (χ2n) is 5.78. The zero-order chi connectivity index (χ0) is 15.0. The Morgan fingerprint density at radius 3 is 2.30 bits per heavy atom. The Labute approximate surface area is 124 Å². The molecule has 1 N–H and O–H groups in total. The molecule has 1 rings (SSSR count). The average molecular weight is 283 g/mol. The molecular formula is C16H33N3O. The van der Waals surface area contributed by atoms with E-state index in [4.69, 9.17) is 0 Å². The van der Waals surface area contributed by atoms with E-state index >= 15 is 0 Å². The van der Waals surface area contributed by atoms with Crippen LogP contribution in [0.15, 0.2) is 0 Å². The first kappa shape index (κ1) is 17.4. The van der Waals surface area contributed by atoms with Gasteiger partial charge in [-0.2, -0.15) is 0 Å². The van der Waals surface area contributed by atoms with E-state index in [-0.39, 0.29) is 12.2 Å². The van der Waals surface area contributed by atoms with Gasteiger partial charge in [0.2, 0.25) is 5.91 Å². The van der Waals surface area contributed by atoms with E-state index < -0.39 is 0 Å². The number of carbonyl (C=O) groups is 1. The molecule has 0 aromatic heterocycles. The monoisotopic (exact) mass is 283 g/mol. The first-order valence-electron chi connectivity index (χ1n) is 8.46. The Balaban J connectivity index is 2.56. The summed E-state index contributed by atoms with van der Waals surface area (Å²) >= 11 is 0. The van der Waals surface area contributed by atoms with Crippen LogP contribution in [0.2, 0.25) is 0 Å². The Kier molecular flexibility index (Phi) is 8.15. The molecule has 4 heteroatoms. The molecular weight excluding hydrogens is 250 g/mol. The zero-order valence-corrected chi connectivity index (χ0v) is 13.8. The largest absolute Gasteiger partial charge is 0.325 e. The van der Waals surface area contributed by atoms with Gasteiger partial charge < -0.3 is 9.80 Å². The lowest BCUT2D eigenvalue weighted by Crippen LogP contribution is -2.42. The third-order valence-electron chi connectivity index (χ3n) is 4.13. The van der Waals surface area contributed by atoms with Crippen molar-refractivity contribution in [3.63, 3.8) is 0 Å². The van der Waals surface area contributed by atoms with Gasteiger partial charge in [0.05, 0.1) is 12.2 Å². The second kappa shape index (κ2) is 9.35. The number of hydrogen-bond donors (Lipinski definition) is 1. The molecule has 0 aromatic rings. The van der Waals surface area contributed by atoms with Gasteiger partial charge in [-0.3, -0.25) is 10.1 Å². The van der Waals surface area contributed by atoms with Crippen molar-refractivity contribution in [1.29, 1.82) is 0 Å². The fourth-order valence-electron chi connectivity index (χ4n) is 3.01. The molecule has 0 radical (unpaired) electrons. The maximum atomic E-state index is 12.5. The minimum atomic E-state index is 0.0535. The molecule has 1 fully saturated rings. The number of hydrogen-bond acceptors (Lipinski definition) is 3. The first-order valence-corrected chi connectivity index (χ1v) is 8.46. The summed E-state index contributed by atoms with van der Waals surface area (Å²) in [6, 6.07) is 0.0535. The highest BCUT2D eigenvalue weighted by molar-refractivity contribution is 5.84. The highest BCUT2D eigenvalue weighted by Crippen LogP contribution is 2.18. The molecule has 1 saturated heterocycles. The van der Waals surface area contributed by atoms with Crippen LogP contribution in [0, 0.1) is 0 Å². The van der Waals surface area contributed by atoms with Crippen molar-refractivity contribution < 1.29 is 4.79 Å². The fourth-order valence-corrected chi connectivity index (χ4v) is 3.01. The smallest absolute Gasteiger partial charge is 0.241 e. The summed E-state index contributed by atoms with van der Waals surface area (Å²) in [5.41, 5.74) is 0. The molecule has 4 nitrogen and oxygen atoms in total. The summed E-state index contributed by atoms with van der Waals surface area (Å²) in [6.07, 6.45) is 5.63. The quantitative estimate of drug-likeness (QED) is 0.669. The number of nitrogens with zero attached hydrogens (tertiary/aromatic N) is 2. The van der Waals surface area contributed by atoms with Crippen molar-refractivity contribution in [2.45, 2.75) is 72.0 Å². The summed E-state index contributed by atoms with van der Waals surface area (Å²) in [4.78, 5) is 17.0. The van der Waals surface area contributed by atoms with Gasteiger partial charge in [-0.25, -0.2) is 0 Å². The number of nitrogens with one attached hydrogen (secondary N) is 1. The van der Waals surface area contributed by atoms with E-state index in [1.54, 1.807) is 0 Å². The van der Waals surface area contributed by atoms with Crippen LogP contribution in [0.4, 0.5) is 0 Å². The minimum absolute atomic E-state index is 0.0535. The molecule has 0 aromatic carbocycles. The molecule has 118 valence electrons. The highest BCUT2D eigenvalue weighted by atomic mass is 16.2. The lowest BCUT2D eigenvalue weighted by molar-refractivity contribution is -0.130. The third kappa shape index (κ3) is 4.74. The molecule has 2 unspecified atom stereocenters. The van der Waals surface area contributed by atoms with Gasteiger partial charge in [0.25, 0.3) is 0 Å². The molecule has 1 aliphatic heterocycles. The summed E-state index contributed by atoms with van der Waals surface area (Å²) in [5, 5.41) is 3.52. The SMILES string of the molecule is CCCC1NC(CCC)N(CCN(CC)CCC)C1=O. The molecule has 1 heterocycles. The van der Waals surface area contributed by atoms with Gasteiger partial charge in [-0.05, 0) is 32.4 Å². The number of rotatable bonds is 10. The van der Waals surface area contributed by atoms with Crippen LogP contribution in [0.5, 0.6) is 0 Å². The third-order valence-corrected chi connectivity index (χ3v) is 4.13. The molecule has 0 spiro atoms. The van der Waals surface area contributed by atoms with E-state index in [9.17, 15) is 4.79 Å². The number of carbonyl (C=O) groups excluding carboxylic acids is 1. The van der Waals surface area contributed by atoms with Crippen LogP contribution >= 0.6 is 0 Å². The Hall–Kier alpha value is -0.610. The number of amides is 1. The van der Waals surface area contributed by atoms with Gasteiger partial charge in [0.15, 0.2) is 0 Å². The van der Waals surface area contributed by atoms with Gasteiger partial charge in [0, 0.05) is 13.1 Å². The molecule has 0 saturated carbocycles. The maximum absolute atomic E-state index is 12.5. The van der Waals surface area contributed by atoms with E-state index in [2.05, 4.69) is 42.8 Å². The van der Waals surface area contributed by atoms with Crippen molar-refractivity contribution in [1.82, 2.24) is 15.1 Å². The van der Waals surface area contributed by atoms with Crippen molar-refractivity contribution in [3.8, 4) is 0 Å². The van der Waals surface area contributed by atoms with Gasteiger partial charge >= 0.3 is 0 Å². The standard InChI is InChI=1S/C16H33N3O/c1-5-9-14-16(20)19(15(17-14)10-6-2)13-12-18(8-4)11-7-3/h14-15,17H,5-13H2,1-4H3. The topological polar surface area (TPSA) is 35.6 Å². The molecule has 0 aliphatic carbocycles. The number of likely N-dealkylation sites (N-methyl/N-ethyl adjacent to an activating group) is 1. The van der Waals surface area contributed by atoms with Crippen LogP contribution in [0.25, 0.3) is 0 Å². The second-order valence-corrected chi connectivity index (χ2v) is 5.78. The van der Waals surface area contributed by atoms with Gasteiger partial charge in [0.1, 0.15) is 0 Å². The van der Waals surface area contributed by atoms with Gasteiger partial charge in [-0.15, -0.1) is 0 Å². The molecule has 1 amide bonds. The normalized spacial score (nSPS) is 23.1. The predicted molar refractivity (Wildman–Crippen MR) is 84.6 cm³/mol. The predicted octanol–water partition coefficient (Wildman–Crippen LogP) is 2.45. The Bertz CT molecular complexity index is 283. The van der Waals surface area contributed by atoms with Crippen LogP contribution in [-0.2, 0) is 4.79 Å². The van der Waals surface area contributed by atoms with Crippen LogP contribution in [0.1, 0.15) is 59.8 Å². The lowest BCUT2D eigenvalue weighted by atomic mass is 10.2. The molecule has 2 atom stereocenters. The molecule has 1 aliphatic rings. The summed E-state index contributed by atoms with van der Waals surface area (Å²) in [6.45, 7) is 12.8. The zero-order valence-electron chi connectivity index (χ0n) is 13.8. The molecule has 20 heavy (non-hydrogen) atoms. The van der Waals surface area contributed by atoms with Crippen molar-refractivity contribution >= 4 is 5.91 Å². The van der Waals surface area contributed by atoms with Crippen LogP contribution in [-0.4, -0.2) is 54.1 Å². The minimum Gasteiger partial charge on any atom is -0.325 e. The van der Waals surface area contributed by atoms with E-state index in [0.29, 0.717) is 5.91 Å². The molecule has 0 bridgehead atoms. The van der Waals surface area contributed by atoms with E-state index in [1.807, 2.05) is 0 Å². The summed E-state index contributed by atoms with van der Waals surface area (Å²) in [5.74, 6) is 0.317. The Morgan fingerprint density at radius 2 is 1.75 bits per heavy atom. The van der Waals surface area contributed by atoms with Gasteiger partial charge in [-0.1, -0.05) is 40.5 Å². The van der Waals surface area contributed by atoms with E-state index in [1.165, 1.54) is 6.42 Å². The fraction of sp³-hybridized carbons (Fsp3) is 0.938. The lowest BCUT2D eigenvalue weighted by Gasteiger charge is -2.27. The first-order chi connectivity index (χ1) is 9.67.